The maximum Gasteiger partial charge on any atom is 0.228 e. The fraction of sp³-hybridized carbons (Fsp3) is 0.333. The monoisotopic (exact) mass is 254 g/mol. The molecule has 2 aromatic rings. The number of pyridine rings is 1. The molecule has 0 N–H and O–H groups in total. The molecule has 0 bridgehead atoms. The molecule has 0 unspecified atom stereocenters. The van der Waals surface area contributed by atoms with Crippen LogP contribution in [-0.2, 0) is 5.41 Å². The molecule has 0 atom stereocenters. The molecule has 0 fully saturated rings. The van der Waals surface area contributed by atoms with Gasteiger partial charge < -0.3 is 0 Å². The molecule has 2 heterocycles. The van der Waals surface area contributed by atoms with Crippen molar-refractivity contribution in [3.63, 3.8) is 0 Å². The molecule has 17 heavy (non-hydrogen) atoms. The zero-order chi connectivity index (χ0) is 12.6. The van der Waals surface area contributed by atoms with E-state index in [4.69, 9.17) is 0 Å². The Hall–Kier alpha value is -1.36. The lowest BCUT2D eigenvalue weighted by Gasteiger charge is -2.14. The molecular formula is C12H12F2N2S. The maximum absolute atomic E-state index is 13.7. The van der Waals surface area contributed by atoms with Gasteiger partial charge in [0.15, 0.2) is 0 Å². The highest BCUT2D eigenvalue weighted by molar-refractivity contribution is 7.15. The van der Waals surface area contributed by atoms with Crippen LogP contribution in [0.1, 0.15) is 25.6 Å². The molecule has 90 valence electrons. The minimum absolute atomic E-state index is 0.305. The van der Waals surface area contributed by atoms with Crippen molar-refractivity contribution in [3.8, 4) is 10.6 Å². The zero-order valence-corrected chi connectivity index (χ0v) is 10.6. The highest BCUT2D eigenvalue weighted by atomic mass is 32.1. The van der Waals surface area contributed by atoms with Crippen LogP contribution < -0.4 is 0 Å². The van der Waals surface area contributed by atoms with Gasteiger partial charge in [0.1, 0.15) is 10.8 Å². The lowest BCUT2D eigenvalue weighted by atomic mass is 9.95. The number of halogens is 2. The number of rotatable bonds is 1. The van der Waals surface area contributed by atoms with Gasteiger partial charge in [-0.25, -0.2) is 9.37 Å². The topological polar surface area (TPSA) is 25.8 Å². The first-order valence-corrected chi connectivity index (χ1v) is 5.97. The van der Waals surface area contributed by atoms with Crippen LogP contribution in [0.2, 0.25) is 0 Å². The Morgan fingerprint density at radius 3 is 2.41 bits per heavy atom. The van der Waals surface area contributed by atoms with E-state index in [9.17, 15) is 8.78 Å². The van der Waals surface area contributed by atoms with E-state index < -0.39 is 11.8 Å². The zero-order valence-electron chi connectivity index (χ0n) is 9.79. The largest absolute Gasteiger partial charge is 0.261 e. The third-order valence-electron chi connectivity index (χ3n) is 2.22. The fourth-order valence-electron chi connectivity index (χ4n) is 1.42. The number of thiazole rings is 1. The van der Waals surface area contributed by atoms with E-state index in [0.29, 0.717) is 15.4 Å². The number of aromatic nitrogens is 2. The van der Waals surface area contributed by atoms with E-state index in [-0.39, 0.29) is 5.41 Å². The van der Waals surface area contributed by atoms with Crippen molar-refractivity contribution in [2.24, 2.45) is 0 Å². The molecule has 2 aromatic heterocycles. The molecule has 0 aliphatic carbocycles. The smallest absolute Gasteiger partial charge is 0.228 e. The van der Waals surface area contributed by atoms with E-state index in [1.165, 1.54) is 23.6 Å². The highest BCUT2D eigenvalue weighted by Crippen LogP contribution is 2.34. The van der Waals surface area contributed by atoms with Crippen molar-refractivity contribution in [2.75, 3.05) is 0 Å². The van der Waals surface area contributed by atoms with Gasteiger partial charge in [-0.1, -0.05) is 20.8 Å². The first-order chi connectivity index (χ1) is 7.88. The van der Waals surface area contributed by atoms with Crippen molar-refractivity contribution < 1.29 is 8.78 Å². The minimum Gasteiger partial charge on any atom is -0.261 e. The molecule has 0 amide bonds. The minimum atomic E-state index is -0.484. The normalized spacial score (nSPS) is 11.8. The Morgan fingerprint density at radius 1 is 1.18 bits per heavy atom. The van der Waals surface area contributed by atoms with Crippen molar-refractivity contribution in [1.29, 1.82) is 0 Å². The summed E-state index contributed by atoms with van der Waals surface area (Å²) >= 11 is 1.24. The van der Waals surface area contributed by atoms with Gasteiger partial charge in [-0.15, -0.1) is 11.3 Å². The summed E-state index contributed by atoms with van der Waals surface area (Å²) in [4.78, 5) is 8.13. The molecule has 0 aliphatic heterocycles. The van der Waals surface area contributed by atoms with Gasteiger partial charge in [-0.3, -0.25) is 4.98 Å². The Labute approximate surface area is 102 Å². The second kappa shape index (κ2) is 4.14. The van der Waals surface area contributed by atoms with Gasteiger partial charge >= 0.3 is 0 Å². The highest BCUT2D eigenvalue weighted by Gasteiger charge is 2.23. The van der Waals surface area contributed by atoms with Crippen molar-refractivity contribution >= 4 is 11.3 Å². The number of nitrogens with zero attached hydrogens (tertiary/aromatic N) is 2. The maximum atomic E-state index is 13.7. The van der Waals surface area contributed by atoms with Crippen molar-refractivity contribution in [1.82, 2.24) is 9.97 Å². The van der Waals surface area contributed by atoms with Crippen LogP contribution >= 0.6 is 11.3 Å². The van der Waals surface area contributed by atoms with Gasteiger partial charge in [0.05, 0.1) is 11.1 Å². The molecule has 0 aromatic carbocycles. The van der Waals surface area contributed by atoms with E-state index in [0.717, 1.165) is 6.20 Å². The Balaban J connectivity index is 2.49. The van der Waals surface area contributed by atoms with Crippen molar-refractivity contribution in [2.45, 2.75) is 26.2 Å². The van der Waals surface area contributed by atoms with Crippen LogP contribution in [0.25, 0.3) is 10.6 Å². The quantitative estimate of drug-likeness (QED) is 0.774. The summed E-state index contributed by atoms with van der Waals surface area (Å²) in [5.74, 6) is -0.933. The summed E-state index contributed by atoms with van der Waals surface area (Å²) in [5.41, 5.74) is 0.199. The van der Waals surface area contributed by atoms with E-state index in [1.54, 1.807) is 0 Å². The Morgan fingerprint density at radius 2 is 1.88 bits per heavy atom. The van der Waals surface area contributed by atoms with Crippen LogP contribution in [0.5, 0.6) is 0 Å². The van der Waals surface area contributed by atoms with Crippen LogP contribution in [0.15, 0.2) is 18.5 Å². The van der Waals surface area contributed by atoms with Crippen LogP contribution in [-0.4, -0.2) is 9.97 Å². The molecule has 0 radical (unpaired) electrons. The van der Waals surface area contributed by atoms with Gasteiger partial charge in [0, 0.05) is 17.2 Å². The molecule has 0 saturated carbocycles. The van der Waals surface area contributed by atoms with Gasteiger partial charge in [0.2, 0.25) is 5.95 Å². The molecule has 2 rings (SSSR count). The molecule has 0 saturated heterocycles. The molecule has 5 heteroatoms. The average molecular weight is 254 g/mol. The third-order valence-corrected chi connectivity index (χ3v) is 3.72. The lowest BCUT2D eigenvalue weighted by molar-refractivity contribution is 0.517. The van der Waals surface area contributed by atoms with E-state index >= 15 is 0 Å². The van der Waals surface area contributed by atoms with Crippen molar-refractivity contribution in [3.05, 3.63) is 35.1 Å². The summed E-state index contributed by atoms with van der Waals surface area (Å²) < 4.78 is 26.7. The second-order valence-corrected chi connectivity index (χ2v) is 5.78. The lowest BCUT2D eigenvalue weighted by Crippen LogP contribution is -2.10. The summed E-state index contributed by atoms with van der Waals surface area (Å²) in [5, 5.41) is 0.458. The molecule has 0 spiro atoms. The van der Waals surface area contributed by atoms with Gasteiger partial charge in [0.25, 0.3) is 0 Å². The third kappa shape index (κ3) is 2.49. The molecule has 2 nitrogen and oxygen atoms in total. The van der Waals surface area contributed by atoms with E-state index in [1.807, 2.05) is 20.8 Å². The number of hydrogen-bond acceptors (Lipinski definition) is 3. The Bertz CT molecular complexity index is 544. The van der Waals surface area contributed by atoms with Crippen LogP contribution in [0, 0.1) is 11.8 Å². The summed E-state index contributed by atoms with van der Waals surface area (Å²) in [6.07, 6.45) is 2.59. The predicted molar refractivity (Wildman–Crippen MR) is 64.0 cm³/mol. The predicted octanol–water partition coefficient (Wildman–Crippen LogP) is 3.78. The molecular weight excluding hydrogens is 242 g/mol. The second-order valence-electron chi connectivity index (χ2n) is 4.78. The fourth-order valence-corrected chi connectivity index (χ4v) is 2.40. The first-order valence-electron chi connectivity index (χ1n) is 5.15. The number of hydrogen-bond donors (Lipinski definition) is 0. The Kier molecular flexibility index (Phi) is 2.95. The summed E-state index contributed by atoms with van der Waals surface area (Å²) in [6, 6.07) is 1.30. The van der Waals surface area contributed by atoms with Crippen LogP contribution in [0.3, 0.4) is 0 Å². The van der Waals surface area contributed by atoms with E-state index in [2.05, 4.69) is 9.97 Å². The van der Waals surface area contributed by atoms with Crippen LogP contribution in [0.4, 0.5) is 8.78 Å². The average Bonchev–Trinajstić information content (AvgIpc) is 2.60. The standard InChI is InChI=1S/C12H12F2N2S/c1-12(2,3)9-10(14)16-11(17-9)7-4-8(13)6-15-5-7/h4-6H,1-3H3. The van der Waals surface area contributed by atoms with Gasteiger partial charge in [-0.05, 0) is 6.07 Å². The SMILES string of the molecule is CC(C)(C)c1sc(-c2cncc(F)c2)nc1F. The summed E-state index contributed by atoms with van der Waals surface area (Å²) in [7, 11) is 0. The summed E-state index contributed by atoms with van der Waals surface area (Å²) in [6.45, 7) is 5.74. The van der Waals surface area contributed by atoms with Gasteiger partial charge in [-0.2, -0.15) is 4.39 Å². The first kappa shape index (κ1) is 12.1. The molecule has 0 aliphatic rings.